The van der Waals surface area contributed by atoms with E-state index in [0.29, 0.717) is 5.92 Å². The number of aromatic nitrogens is 2. The van der Waals surface area contributed by atoms with E-state index in [4.69, 9.17) is 4.74 Å². The van der Waals surface area contributed by atoms with Crippen molar-refractivity contribution in [3.63, 3.8) is 0 Å². The Balaban J connectivity index is 1.33. The smallest absolute Gasteiger partial charge is 0.320 e. The summed E-state index contributed by atoms with van der Waals surface area (Å²) < 4.78 is 7.25. The number of hydrogen-bond acceptors (Lipinski definition) is 3. The molecule has 6 heteroatoms. The van der Waals surface area contributed by atoms with Crippen molar-refractivity contribution in [1.29, 1.82) is 0 Å². The van der Waals surface area contributed by atoms with Gasteiger partial charge in [0.2, 0.25) is 0 Å². The highest BCUT2D eigenvalue weighted by Gasteiger charge is 2.23. The van der Waals surface area contributed by atoms with Crippen LogP contribution in [0.15, 0.2) is 36.5 Å². The van der Waals surface area contributed by atoms with E-state index in [1.54, 1.807) is 6.20 Å². The van der Waals surface area contributed by atoms with Crippen LogP contribution in [-0.2, 0) is 24.1 Å². The van der Waals surface area contributed by atoms with Gasteiger partial charge in [0, 0.05) is 31.2 Å². The van der Waals surface area contributed by atoms with Gasteiger partial charge in [0.25, 0.3) is 0 Å². The van der Waals surface area contributed by atoms with Crippen molar-refractivity contribution in [2.24, 2.45) is 5.92 Å². The van der Waals surface area contributed by atoms with Crippen LogP contribution in [0.3, 0.4) is 0 Å². The number of nitrogens with zero attached hydrogens (tertiary/aromatic N) is 2. The number of fused-ring (bicyclic) bond motifs is 1. The molecule has 2 aromatic rings. The van der Waals surface area contributed by atoms with Crippen LogP contribution in [0.4, 0.5) is 10.6 Å². The molecule has 2 aliphatic rings. The van der Waals surface area contributed by atoms with Crippen LogP contribution in [0.1, 0.15) is 17.5 Å². The second-order valence-corrected chi connectivity index (χ2v) is 6.60. The molecule has 1 aliphatic carbocycles. The molecule has 2 heterocycles. The molecule has 0 bridgehead atoms. The number of nitrogens with one attached hydrogen (secondary N) is 2. The van der Waals surface area contributed by atoms with E-state index in [0.717, 1.165) is 44.8 Å². The quantitative estimate of drug-likeness (QED) is 0.905. The Bertz CT molecular complexity index is 696. The van der Waals surface area contributed by atoms with Crippen LogP contribution in [-0.4, -0.2) is 35.1 Å². The van der Waals surface area contributed by atoms with Gasteiger partial charge in [0.15, 0.2) is 0 Å². The van der Waals surface area contributed by atoms with Gasteiger partial charge in [-0.15, -0.1) is 0 Å². The van der Waals surface area contributed by atoms with E-state index in [1.165, 1.54) is 11.1 Å². The first-order valence-corrected chi connectivity index (χ1v) is 8.52. The van der Waals surface area contributed by atoms with Gasteiger partial charge in [-0.3, -0.25) is 5.32 Å². The third-order valence-electron chi connectivity index (χ3n) is 4.80. The van der Waals surface area contributed by atoms with Crippen LogP contribution < -0.4 is 10.6 Å². The molecule has 24 heavy (non-hydrogen) atoms. The molecule has 2 N–H and O–H groups in total. The number of urea groups is 1. The Morgan fingerprint density at radius 1 is 1.25 bits per heavy atom. The summed E-state index contributed by atoms with van der Waals surface area (Å²) in [6.45, 7) is 2.36. The van der Waals surface area contributed by atoms with Gasteiger partial charge < -0.3 is 10.1 Å². The highest BCUT2D eigenvalue weighted by atomic mass is 16.5. The maximum absolute atomic E-state index is 12.3. The van der Waals surface area contributed by atoms with Crippen LogP contribution in [0.2, 0.25) is 0 Å². The summed E-state index contributed by atoms with van der Waals surface area (Å²) in [6, 6.07) is 10.2. The molecule has 6 nitrogen and oxygen atoms in total. The van der Waals surface area contributed by atoms with Gasteiger partial charge in [0.05, 0.1) is 12.8 Å². The predicted molar refractivity (Wildman–Crippen MR) is 90.9 cm³/mol. The summed E-state index contributed by atoms with van der Waals surface area (Å²) in [4.78, 5) is 12.3. The third-order valence-corrected chi connectivity index (χ3v) is 4.80. The van der Waals surface area contributed by atoms with Gasteiger partial charge >= 0.3 is 6.03 Å². The van der Waals surface area contributed by atoms with Gasteiger partial charge in [-0.2, -0.15) is 5.10 Å². The van der Waals surface area contributed by atoms with Crippen molar-refractivity contribution < 1.29 is 9.53 Å². The molecule has 2 amide bonds. The molecular weight excluding hydrogens is 304 g/mol. The minimum absolute atomic E-state index is 0.155. The zero-order valence-electron chi connectivity index (χ0n) is 13.6. The molecule has 0 spiro atoms. The second kappa shape index (κ2) is 6.65. The van der Waals surface area contributed by atoms with Crippen molar-refractivity contribution in [2.45, 2.75) is 31.8 Å². The number of anilines is 1. The fourth-order valence-electron chi connectivity index (χ4n) is 3.55. The monoisotopic (exact) mass is 326 g/mol. The summed E-state index contributed by atoms with van der Waals surface area (Å²) in [5.41, 5.74) is 2.66. The molecule has 1 saturated heterocycles. The number of rotatable bonds is 4. The van der Waals surface area contributed by atoms with Gasteiger partial charge in [-0.25, -0.2) is 9.48 Å². The Labute approximate surface area is 141 Å². The average Bonchev–Trinajstić information content (AvgIpc) is 3.29. The molecule has 4 rings (SSSR count). The van der Waals surface area contributed by atoms with E-state index >= 15 is 0 Å². The summed E-state index contributed by atoms with van der Waals surface area (Å²) in [7, 11) is 0. The van der Waals surface area contributed by atoms with Gasteiger partial charge in [-0.1, -0.05) is 24.3 Å². The van der Waals surface area contributed by atoms with E-state index in [9.17, 15) is 4.79 Å². The maximum Gasteiger partial charge on any atom is 0.320 e. The number of carbonyl (C=O) groups is 1. The molecular formula is C18H22N4O2. The zero-order chi connectivity index (χ0) is 16.4. The minimum Gasteiger partial charge on any atom is -0.381 e. The third kappa shape index (κ3) is 3.28. The van der Waals surface area contributed by atoms with Crippen molar-refractivity contribution in [3.8, 4) is 0 Å². The number of amides is 2. The van der Waals surface area contributed by atoms with Crippen LogP contribution in [0.25, 0.3) is 0 Å². The molecule has 1 aliphatic heterocycles. The van der Waals surface area contributed by atoms with Crippen molar-refractivity contribution in [3.05, 3.63) is 47.7 Å². The summed E-state index contributed by atoms with van der Waals surface area (Å²) in [5.74, 6) is 1.20. The number of benzene rings is 1. The van der Waals surface area contributed by atoms with Crippen LogP contribution in [0, 0.1) is 5.92 Å². The summed E-state index contributed by atoms with van der Waals surface area (Å²) >= 11 is 0. The number of hydrogen-bond donors (Lipinski definition) is 2. The van der Waals surface area contributed by atoms with E-state index in [-0.39, 0.29) is 12.1 Å². The highest BCUT2D eigenvalue weighted by Crippen LogP contribution is 2.22. The second-order valence-electron chi connectivity index (χ2n) is 6.60. The van der Waals surface area contributed by atoms with Gasteiger partial charge in [0.1, 0.15) is 5.82 Å². The molecule has 0 radical (unpaired) electrons. The molecule has 0 saturated carbocycles. The van der Waals surface area contributed by atoms with E-state index in [1.807, 2.05) is 22.9 Å². The molecule has 1 fully saturated rings. The molecule has 126 valence electrons. The predicted octanol–water partition coefficient (Wildman–Crippen LogP) is 2.21. The lowest BCUT2D eigenvalue weighted by Gasteiger charge is -2.15. The van der Waals surface area contributed by atoms with Crippen LogP contribution >= 0.6 is 0 Å². The lowest BCUT2D eigenvalue weighted by Crippen LogP contribution is -2.39. The topological polar surface area (TPSA) is 68.2 Å². The first kappa shape index (κ1) is 15.2. The lowest BCUT2D eigenvalue weighted by molar-refractivity contribution is 0.181. The Morgan fingerprint density at radius 2 is 2.04 bits per heavy atom. The van der Waals surface area contributed by atoms with Crippen LogP contribution in [0.5, 0.6) is 0 Å². The number of ether oxygens (including phenoxy) is 1. The SMILES string of the molecule is O=C(Nc1ccnn1C[C@H]1CCOC1)NC1Cc2ccccc2C1. The molecule has 1 aromatic heterocycles. The Kier molecular flexibility index (Phi) is 4.21. The molecule has 0 unspecified atom stereocenters. The Hall–Kier alpha value is -2.34. The van der Waals surface area contributed by atoms with Gasteiger partial charge in [-0.05, 0) is 30.4 Å². The zero-order valence-corrected chi connectivity index (χ0v) is 13.6. The lowest BCUT2D eigenvalue weighted by atomic mass is 10.1. The largest absolute Gasteiger partial charge is 0.381 e. The van der Waals surface area contributed by atoms with Crippen molar-refractivity contribution >= 4 is 11.8 Å². The average molecular weight is 326 g/mol. The first-order chi connectivity index (χ1) is 11.8. The van der Waals surface area contributed by atoms with E-state index in [2.05, 4.69) is 27.9 Å². The highest BCUT2D eigenvalue weighted by molar-refractivity contribution is 5.88. The van der Waals surface area contributed by atoms with Crippen molar-refractivity contribution in [2.75, 3.05) is 18.5 Å². The maximum atomic E-state index is 12.3. The van der Waals surface area contributed by atoms with E-state index < -0.39 is 0 Å². The van der Waals surface area contributed by atoms with Crippen molar-refractivity contribution in [1.82, 2.24) is 15.1 Å². The molecule has 1 atom stereocenters. The fourth-order valence-corrected chi connectivity index (χ4v) is 3.55. The molecule has 1 aromatic carbocycles. The normalized spacial score (nSPS) is 20.1. The Morgan fingerprint density at radius 3 is 2.75 bits per heavy atom. The first-order valence-electron chi connectivity index (χ1n) is 8.52. The summed E-state index contributed by atoms with van der Waals surface area (Å²) in [6.07, 6.45) is 4.55. The minimum atomic E-state index is -0.169. The summed E-state index contributed by atoms with van der Waals surface area (Å²) in [5, 5.41) is 10.3. The standard InChI is InChI=1S/C18H22N4O2/c23-18(20-16-9-14-3-1-2-4-15(14)10-16)21-17-5-7-19-22(17)11-13-6-8-24-12-13/h1-5,7,13,16H,6,8-12H2,(H2,20,21,23)/t13-/m1/s1. The fraction of sp³-hybridized carbons (Fsp3) is 0.444. The number of carbonyl (C=O) groups excluding carboxylic acids is 1.